The minimum Gasteiger partial charge on any atom is -0.395 e. The van der Waals surface area contributed by atoms with Gasteiger partial charge in [-0.05, 0) is 43.9 Å². The SMILES string of the molecule is CCC(CO)N1CCN(CCCc2ccccc2C)CC1. The van der Waals surface area contributed by atoms with Gasteiger partial charge < -0.3 is 10.0 Å². The van der Waals surface area contributed by atoms with Gasteiger partial charge in [-0.15, -0.1) is 0 Å². The van der Waals surface area contributed by atoms with E-state index in [2.05, 4.69) is 47.9 Å². The smallest absolute Gasteiger partial charge is 0.0586 e. The molecule has 1 unspecified atom stereocenters. The molecule has 1 fully saturated rings. The van der Waals surface area contributed by atoms with E-state index in [1.54, 1.807) is 0 Å². The maximum Gasteiger partial charge on any atom is 0.0586 e. The van der Waals surface area contributed by atoms with Crippen molar-refractivity contribution in [3.05, 3.63) is 35.4 Å². The maximum absolute atomic E-state index is 9.38. The third-order valence-electron chi connectivity index (χ3n) is 4.79. The maximum atomic E-state index is 9.38. The van der Waals surface area contributed by atoms with E-state index in [1.165, 1.54) is 30.5 Å². The van der Waals surface area contributed by atoms with Crippen molar-refractivity contribution < 1.29 is 5.11 Å². The highest BCUT2D eigenvalue weighted by atomic mass is 16.3. The molecule has 0 aromatic heterocycles. The summed E-state index contributed by atoms with van der Waals surface area (Å²) in [4.78, 5) is 5.01. The number of piperazine rings is 1. The van der Waals surface area contributed by atoms with Gasteiger partial charge >= 0.3 is 0 Å². The molecular formula is C18H30N2O. The van der Waals surface area contributed by atoms with Crippen LogP contribution in [0, 0.1) is 6.92 Å². The van der Waals surface area contributed by atoms with Gasteiger partial charge in [-0.2, -0.15) is 0 Å². The quantitative estimate of drug-likeness (QED) is 0.835. The minimum atomic E-state index is 0.295. The van der Waals surface area contributed by atoms with E-state index < -0.39 is 0 Å². The Morgan fingerprint density at radius 2 is 1.86 bits per heavy atom. The number of hydrogen-bond donors (Lipinski definition) is 1. The fraction of sp³-hybridized carbons (Fsp3) is 0.667. The van der Waals surface area contributed by atoms with Gasteiger partial charge in [-0.3, -0.25) is 4.90 Å². The summed E-state index contributed by atoms with van der Waals surface area (Å²) in [7, 11) is 0. The predicted molar refractivity (Wildman–Crippen MR) is 88.7 cm³/mol. The van der Waals surface area contributed by atoms with E-state index in [4.69, 9.17) is 0 Å². The average molecular weight is 290 g/mol. The van der Waals surface area contributed by atoms with E-state index in [9.17, 15) is 5.11 Å². The van der Waals surface area contributed by atoms with Crippen molar-refractivity contribution in [2.45, 2.75) is 39.2 Å². The summed E-state index contributed by atoms with van der Waals surface area (Å²) in [6.07, 6.45) is 3.47. The van der Waals surface area contributed by atoms with Crippen molar-refractivity contribution >= 4 is 0 Å². The molecule has 21 heavy (non-hydrogen) atoms. The van der Waals surface area contributed by atoms with Crippen molar-refractivity contribution in [2.75, 3.05) is 39.3 Å². The van der Waals surface area contributed by atoms with Crippen molar-refractivity contribution in [1.29, 1.82) is 0 Å². The van der Waals surface area contributed by atoms with Crippen molar-refractivity contribution in [2.24, 2.45) is 0 Å². The van der Waals surface area contributed by atoms with E-state index in [1.807, 2.05) is 0 Å². The van der Waals surface area contributed by atoms with Crippen LogP contribution in [0.15, 0.2) is 24.3 Å². The molecule has 3 heteroatoms. The Labute approximate surface area is 129 Å². The first-order valence-corrected chi connectivity index (χ1v) is 8.36. The number of aliphatic hydroxyl groups is 1. The predicted octanol–water partition coefficient (Wildman–Crippen LogP) is 2.32. The Morgan fingerprint density at radius 1 is 1.14 bits per heavy atom. The van der Waals surface area contributed by atoms with Crippen LogP contribution in [-0.2, 0) is 6.42 Å². The summed E-state index contributed by atoms with van der Waals surface area (Å²) in [6, 6.07) is 9.07. The fourth-order valence-corrected chi connectivity index (χ4v) is 3.24. The molecule has 118 valence electrons. The van der Waals surface area contributed by atoms with Gasteiger partial charge in [0, 0.05) is 32.2 Å². The van der Waals surface area contributed by atoms with Crippen molar-refractivity contribution in [3.8, 4) is 0 Å². The molecule has 0 amide bonds. The lowest BCUT2D eigenvalue weighted by Gasteiger charge is -2.38. The Balaban J connectivity index is 1.68. The highest BCUT2D eigenvalue weighted by Gasteiger charge is 2.21. The van der Waals surface area contributed by atoms with Crippen LogP contribution in [0.1, 0.15) is 30.9 Å². The second kappa shape index (κ2) is 8.52. The van der Waals surface area contributed by atoms with E-state index in [-0.39, 0.29) is 0 Å². The molecule has 1 N–H and O–H groups in total. The Hall–Kier alpha value is -0.900. The van der Waals surface area contributed by atoms with Crippen LogP contribution in [0.4, 0.5) is 0 Å². The Bertz CT molecular complexity index is 409. The third kappa shape index (κ3) is 4.80. The lowest BCUT2D eigenvalue weighted by molar-refractivity contribution is 0.0633. The number of aryl methyl sites for hydroxylation is 2. The van der Waals surface area contributed by atoms with Gasteiger partial charge in [0.1, 0.15) is 0 Å². The summed E-state index contributed by atoms with van der Waals surface area (Å²) in [5, 5.41) is 9.38. The first-order chi connectivity index (χ1) is 10.2. The molecule has 1 aromatic carbocycles. The lowest BCUT2D eigenvalue weighted by atomic mass is 10.0. The molecule has 1 aromatic rings. The van der Waals surface area contributed by atoms with Gasteiger partial charge in [-0.1, -0.05) is 31.2 Å². The molecule has 2 rings (SSSR count). The van der Waals surface area contributed by atoms with E-state index in [0.29, 0.717) is 12.6 Å². The first kappa shape index (κ1) is 16.5. The number of hydrogen-bond acceptors (Lipinski definition) is 3. The number of aliphatic hydroxyl groups excluding tert-OH is 1. The number of nitrogens with zero attached hydrogens (tertiary/aromatic N) is 2. The van der Waals surface area contributed by atoms with E-state index in [0.717, 1.165) is 32.6 Å². The molecular weight excluding hydrogens is 260 g/mol. The minimum absolute atomic E-state index is 0.295. The zero-order valence-electron chi connectivity index (χ0n) is 13.6. The molecule has 0 aliphatic carbocycles. The number of rotatable bonds is 7. The van der Waals surface area contributed by atoms with Crippen molar-refractivity contribution in [3.63, 3.8) is 0 Å². The molecule has 0 radical (unpaired) electrons. The molecule has 1 atom stereocenters. The van der Waals surface area contributed by atoms with Crippen LogP contribution in [-0.4, -0.2) is 60.3 Å². The van der Waals surface area contributed by atoms with E-state index >= 15 is 0 Å². The Morgan fingerprint density at radius 3 is 2.48 bits per heavy atom. The molecule has 1 heterocycles. The summed E-state index contributed by atoms with van der Waals surface area (Å²) in [6.45, 7) is 10.3. The number of benzene rings is 1. The van der Waals surface area contributed by atoms with Gasteiger partial charge in [-0.25, -0.2) is 0 Å². The van der Waals surface area contributed by atoms with Gasteiger partial charge in [0.15, 0.2) is 0 Å². The fourth-order valence-electron chi connectivity index (χ4n) is 3.24. The molecule has 0 spiro atoms. The topological polar surface area (TPSA) is 26.7 Å². The second-order valence-electron chi connectivity index (χ2n) is 6.15. The van der Waals surface area contributed by atoms with Gasteiger partial charge in [0.2, 0.25) is 0 Å². The standard InChI is InChI=1S/C18H30N2O/c1-3-18(15-21)20-13-11-19(12-14-20)10-6-9-17-8-5-4-7-16(17)2/h4-5,7-8,18,21H,3,6,9-15H2,1-2H3. The second-order valence-corrected chi connectivity index (χ2v) is 6.15. The van der Waals surface area contributed by atoms with Crippen LogP contribution in [0.5, 0.6) is 0 Å². The first-order valence-electron chi connectivity index (χ1n) is 8.36. The highest BCUT2D eigenvalue weighted by molar-refractivity contribution is 5.25. The van der Waals surface area contributed by atoms with Crippen LogP contribution < -0.4 is 0 Å². The molecule has 0 saturated carbocycles. The van der Waals surface area contributed by atoms with Crippen LogP contribution in [0.2, 0.25) is 0 Å². The molecule has 1 saturated heterocycles. The highest BCUT2D eigenvalue weighted by Crippen LogP contribution is 2.12. The van der Waals surface area contributed by atoms with Crippen molar-refractivity contribution in [1.82, 2.24) is 9.80 Å². The molecule has 1 aliphatic rings. The summed E-state index contributed by atoms with van der Waals surface area (Å²) < 4.78 is 0. The molecule has 1 aliphatic heterocycles. The lowest BCUT2D eigenvalue weighted by Crippen LogP contribution is -2.51. The molecule has 3 nitrogen and oxygen atoms in total. The Kier molecular flexibility index (Phi) is 6.68. The van der Waals surface area contributed by atoms with Gasteiger partial charge in [0.05, 0.1) is 6.61 Å². The molecule has 0 bridgehead atoms. The summed E-state index contributed by atoms with van der Waals surface area (Å²) >= 11 is 0. The average Bonchev–Trinajstić information content (AvgIpc) is 2.52. The van der Waals surface area contributed by atoms with Crippen LogP contribution >= 0.6 is 0 Å². The monoisotopic (exact) mass is 290 g/mol. The largest absolute Gasteiger partial charge is 0.395 e. The zero-order valence-corrected chi connectivity index (χ0v) is 13.6. The van der Waals surface area contributed by atoms with Crippen LogP contribution in [0.3, 0.4) is 0 Å². The zero-order chi connectivity index (χ0) is 15.1. The normalized spacial score (nSPS) is 18.8. The summed E-state index contributed by atoms with van der Waals surface area (Å²) in [5.41, 5.74) is 2.90. The van der Waals surface area contributed by atoms with Gasteiger partial charge in [0.25, 0.3) is 0 Å². The summed E-state index contributed by atoms with van der Waals surface area (Å²) in [5.74, 6) is 0. The third-order valence-corrected chi connectivity index (χ3v) is 4.79. The van der Waals surface area contributed by atoms with Crippen LogP contribution in [0.25, 0.3) is 0 Å².